The Labute approximate surface area is 137 Å². The summed E-state index contributed by atoms with van der Waals surface area (Å²) >= 11 is 0. The Kier molecular flexibility index (Phi) is 4.60. The molecule has 0 radical (unpaired) electrons. The molecular formula is C18H25NO4. The van der Waals surface area contributed by atoms with Gasteiger partial charge < -0.3 is 19.5 Å². The summed E-state index contributed by atoms with van der Waals surface area (Å²) in [6.07, 6.45) is 3.47. The molecule has 2 saturated heterocycles. The quantitative estimate of drug-likeness (QED) is 0.871. The van der Waals surface area contributed by atoms with Gasteiger partial charge >= 0.3 is 0 Å². The molecular weight excluding hydrogens is 294 g/mol. The van der Waals surface area contributed by atoms with E-state index in [0.29, 0.717) is 31.9 Å². The van der Waals surface area contributed by atoms with Crippen LogP contribution in [0, 0.1) is 0 Å². The molecule has 1 unspecified atom stereocenters. The fraction of sp³-hybridized carbons (Fsp3) is 0.611. The summed E-state index contributed by atoms with van der Waals surface area (Å²) in [5.41, 5.74) is -1.06. The van der Waals surface area contributed by atoms with E-state index in [0.717, 1.165) is 19.3 Å². The molecule has 0 saturated carbocycles. The summed E-state index contributed by atoms with van der Waals surface area (Å²) in [5.74, 6) is 0.661. The van der Waals surface area contributed by atoms with Crippen molar-refractivity contribution in [3.8, 4) is 5.75 Å². The average Bonchev–Trinajstić information content (AvgIpc) is 2.89. The number of carbonyl (C=O) groups excluding carboxylic acids is 1. The minimum Gasteiger partial charge on any atom is -0.484 e. The highest BCUT2D eigenvalue weighted by atomic mass is 16.5. The second-order valence-electron chi connectivity index (χ2n) is 6.83. The van der Waals surface area contributed by atoms with Crippen LogP contribution in [-0.4, -0.2) is 53.4 Å². The first-order chi connectivity index (χ1) is 11.0. The molecule has 0 bridgehead atoms. The minimum atomic E-state index is -0.717. The number of aliphatic hydroxyl groups is 1. The minimum absolute atomic E-state index is 0.0351. The van der Waals surface area contributed by atoms with Gasteiger partial charge in [0.2, 0.25) is 0 Å². The number of para-hydroxylation sites is 1. The van der Waals surface area contributed by atoms with Crippen LogP contribution in [0.2, 0.25) is 0 Å². The Balaban J connectivity index is 1.44. The number of hydrogen-bond donors (Lipinski definition) is 1. The number of carbonyl (C=O) groups is 1. The van der Waals surface area contributed by atoms with E-state index in [-0.39, 0.29) is 18.1 Å². The fourth-order valence-corrected chi connectivity index (χ4v) is 3.44. The molecule has 2 heterocycles. The van der Waals surface area contributed by atoms with Crippen LogP contribution in [-0.2, 0) is 9.53 Å². The van der Waals surface area contributed by atoms with Gasteiger partial charge in [0.1, 0.15) is 11.4 Å². The average molecular weight is 319 g/mol. The lowest BCUT2D eigenvalue weighted by Gasteiger charge is -2.47. The van der Waals surface area contributed by atoms with Gasteiger partial charge in [0.25, 0.3) is 5.91 Å². The summed E-state index contributed by atoms with van der Waals surface area (Å²) < 4.78 is 11.3. The number of likely N-dealkylation sites (tertiary alicyclic amines) is 1. The molecule has 2 aliphatic rings. The van der Waals surface area contributed by atoms with Gasteiger partial charge in [-0.05, 0) is 18.6 Å². The zero-order chi connectivity index (χ0) is 16.3. The lowest BCUT2D eigenvalue weighted by atomic mass is 9.82. The highest BCUT2D eigenvalue weighted by Gasteiger charge is 2.55. The Bertz CT molecular complexity index is 541. The summed E-state index contributed by atoms with van der Waals surface area (Å²) in [4.78, 5) is 13.9. The van der Waals surface area contributed by atoms with Gasteiger partial charge in [-0.3, -0.25) is 4.79 Å². The van der Waals surface area contributed by atoms with E-state index in [1.165, 1.54) is 0 Å². The maximum atomic E-state index is 12.2. The summed E-state index contributed by atoms with van der Waals surface area (Å²) in [6.45, 7) is 3.65. The zero-order valence-electron chi connectivity index (χ0n) is 13.7. The zero-order valence-corrected chi connectivity index (χ0v) is 13.7. The molecule has 0 aliphatic carbocycles. The third kappa shape index (κ3) is 3.67. The van der Waals surface area contributed by atoms with Gasteiger partial charge in [-0.15, -0.1) is 0 Å². The lowest BCUT2D eigenvalue weighted by Crippen LogP contribution is -2.64. The number of hydrogen-bond acceptors (Lipinski definition) is 4. The molecule has 126 valence electrons. The number of nitrogens with zero attached hydrogens (tertiary/aromatic N) is 1. The maximum Gasteiger partial charge on any atom is 0.260 e. The van der Waals surface area contributed by atoms with Crippen LogP contribution in [0.15, 0.2) is 30.3 Å². The standard InChI is InChI=1S/C18H25NO4/c1-2-3-9-17(21)11-18(23-14-17)12-19(13-18)16(20)10-22-15-7-5-4-6-8-15/h4-8,21H,2-3,9-14H2,1H3. The molecule has 2 fully saturated rings. The predicted molar refractivity (Wildman–Crippen MR) is 86.3 cm³/mol. The molecule has 1 amide bonds. The first-order valence-corrected chi connectivity index (χ1v) is 8.36. The number of benzene rings is 1. The molecule has 0 aromatic heterocycles. The fourth-order valence-electron chi connectivity index (χ4n) is 3.44. The summed E-state index contributed by atoms with van der Waals surface area (Å²) in [5, 5.41) is 10.5. The highest BCUT2D eigenvalue weighted by Crippen LogP contribution is 2.42. The van der Waals surface area contributed by atoms with E-state index in [4.69, 9.17) is 9.47 Å². The number of ether oxygens (including phenoxy) is 2. The number of unbranched alkanes of at least 4 members (excludes halogenated alkanes) is 1. The SMILES string of the molecule is CCCCC1(O)COC2(CN(C(=O)COc3ccccc3)C2)C1. The molecule has 1 spiro atoms. The van der Waals surface area contributed by atoms with Gasteiger partial charge in [0, 0.05) is 6.42 Å². The Morgan fingerprint density at radius 3 is 2.78 bits per heavy atom. The van der Waals surface area contributed by atoms with E-state index in [9.17, 15) is 9.90 Å². The maximum absolute atomic E-state index is 12.2. The predicted octanol–water partition coefficient (Wildman–Crippen LogP) is 1.99. The smallest absolute Gasteiger partial charge is 0.260 e. The van der Waals surface area contributed by atoms with Gasteiger partial charge in [-0.2, -0.15) is 0 Å². The highest BCUT2D eigenvalue weighted by molar-refractivity contribution is 5.79. The van der Waals surface area contributed by atoms with Crippen LogP contribution in [0.4, 0.5) is 0 Å². The first-order valence-electron chi connectivity index (χ1n) is 8.36. The van der Waals surface area contributed by atoms with E-state index in [1.807, 2.05) is 30.3 Å². The van der Waals surface area contributed by atoms with Gasteiger partial charge in [-0.25, -0.2) is 0 Å². The van der Waals surface area contributed by atoms with Crippen molar-refractivity contribution in [3.05, 3.63) is 30.3 Å². The topological polar surface area (TPSA) is 59.0 Å². The van der Waals surface area contributed by atoms with E-state index in [2.05, 4.69) is 6.92 Å². The van der Waals surface area contributed by atoms with Crippen molar-refractivity contribution in [2.24, 2.45) is 0 Å². The van der Waals surface area contributed by atoms with Crippen molar-refractivity contribution in [2.45, 2.75) is 43.8 Å². The third-order valence-corrected chi connectivity index (χ3v) is 4.71. The monoisotopic (exact) mass is 319 g/mol. The number of amides is 1. The molecule has 1 N–H and O–H groups in total. The molecule has 1 aromatic rings. The van der Waals surface area contributed by atoms with E-state index >= 15 is 0 Å². The van der Waals surface area contributed by atoms with Crippen molar-refractivity contribution in [1.29, 1.82) is 0 Å². The molecule has 3 rings (SSSR count). The van der Waals surface area contributed by atoms with E-state index in [1.54, 1.807) is 4.90 Å². The molecule has 1 aromatic carbocycles. The van der Waals surface area contributed by atoms with E-state index < -0.39 is 5.60 Å². The van der Waals surface area contributed by atoms with Crippen LogP contribution in [0.5, 0.6) is 5.75 Å². The summed E-state index contributed by atoms with van der Waals surface area (Å²) in [6, 6.07) is 9.33. The lowest BCUT2D eigenvalue weighted by molar-refractivity contribution is -0.159. The van der Waals surface area contributed by atoms with Crippen molar-refractivity contribution in [2.75, 3.05) is 26.3 Å². The molecule has 1 atom stereocenters. The van der Waals surface area contributed by atoms with Crippen molar-refractivity contribution in [3.63, 3.8) is 0 Å². The van der Waals surface area contributed by atoms with Gasteiger partial charge in [0.05, 0.1) is 25.3 Å². The Morgan fingerprint density at radius 1 is 1.35 bits per heavy atom. The number of rotatable bonds is 6. The van der Waals surface area contributed by atoms with Crippen LogP contribution >= 0.6 is 0 Å². The summed E-state index contributed by atoms with van der Waals surface area (Å²) in [7, 11) is 0. The largest absolute Gasteiger partial charge is 0.484 e. The first kappa shape index (κ1) is 16.3. The van der Waals surface area contributed by atoms with Crippen molar-refractivity contribution >= 4 is 5.91 Å². The molecule has 23 heavy (non-hydrogen) atoms. The third-order valence-electron chi connectivity index (χ3n) is 4.71. The second kappa shape index (κ2) is 6.49. The molecule has 5 nitrogen and oxygen atoms in total. The normalized spacial score (nSPS) is 25.4. The Hall–Kier alpha value is -1.59. The van der Waals surface area contributed by atoms with Crippen LogP contribution in [0.3, 0.4) is 0 Å². The van der Waals surface area contributed by atoms with Gasteiger partial charge in [0.15, 0.2) is 6.61 Å². The van der Waals surface area contributed by atoms with Gasteiger partial charge in [-0.1, -0.05) is 38.0 Å². The second-order valence-corrected chi connectivity index (χ2v) is 6.83. The Morgan fingerprint density at radius 2 is 2.09 bits per heavy atom. The molecule has 5 heteroatoms. The molecule has 2 aliphatic heterocycles. The van der Waals surface area contributed by atoms with Crippen LogP contribution in [0.25, 0.3) is 0 Å². The van der Waals surface area contributed by atoms with Crippen molar-refractivity contribution in [1.82, 2.24) is 4.90 Å². The van der Waals surface area contributed by atoms with Crippen LogP contribution in [0.1, 0.15) is 32.6 Å². The van der Waals surface area contributed by atoms with Crippen molar-refractivity contribution < 1.29 is 19.4 Å². The van der Waals surface area contributed by atoms with Crippen LogP contribution < -0.4 is 4.74 Å².